The quantitative estimate of drug-likeness (QED) is 0.708. The molecular formula is C20H24N4O2S. The van der Waals surface area contributed by atoms with Crippen molar-refractivity contribution in [3.63, 3.8) is 0 Å². The number of imidazole rings is 1. The van der Waals surface area contributed by atoms with Gasteiger partial charge >= 0.3 is 0 Å². The number of hydrogen-bond donors (Lipinski definition) is 1. The Kier molecular flexibility index (Phi) is 4.99. The van der Waals surface area contributed by atoms with Gasteiger partial charge in [0.15, 0.2) is 0 Å². The Morgan fingerprint density at radius 3 is 2.56 bits per heavy atom. The van der Waals surface area contributed by atoms with E-state index in [1.807, 2.05) is 43.4 Å². The molecule has 4 rings (SSSR count). The third-order valence-corrected chi connectivity index (χ3v) is 7.08. The minimum absolute atomic E-state index is 0.103. The average Bonchev–Trinajstić information content (AvgIpc) is 3.19. The van der Waals surface area contributed by atoms with Gasteiger partial charge in [-0.2, -0.15) is 0 Å². The lowest BCUT2D eigenvalue weighted by molar-refractivity contribution is 0.422. The van der Waals surface area contributed by atoms with Crippen LogP contribution in [0.3, 0.4) is 0 Å². The summed E-state index contributed by atoms with van der Waals surface area (Å²) in [4.78, 5) is 4.84. The molecule has 1 aromatic heterocycles. The molecule has 1 saturated heterocycles. The Morgan fingerprint density at radius 1 is 1.11 bits per heavy atom. The number of para-hydroxylation sites is 2. The van der Waals surface area contributed by atoms with E-state index < -0.39 is 10.0 Å². The fourth-order valence-electron chi connectivity index (χ4n) is 3.70. The molecule has 1 atom stereocenters. The molecule has 27 heavy (non-hydrogen) atoms. The molecule has 0 aliphatic carbocycles. The van der Waals surface area contributed by atoms with Crippen LogP contribution in [0.1, 0.15) is 23.9 Å². The van der Waals surface area contributed by atoms with Crippen LogP contribution < -0.4 is 5.32 Å². The summed E-state index contributed by atoms with van der Waals surface area (Å²) in [5.41, 5.74) is 3.15. The van der Waals surface area contributed by atoms with E-state index in [9.17, 15) is 8.42 Å². The maximum Gasteiger partial charge on any atom is 0.214 e. The maximum absolute atomic E-state index is 12.0. The number of sulfonamides is 1. The third-order valence-electron chi connectivity index (χ3n) is 5.13. The Bertz CT molecular complexity index is 1030. The Morgan fingerprint density at radius 2 is 1.85 bits per heavy atom. The van der Waals surface area contributed by atoms with Crippen molar-refractivity contribution in [3.8, 4) is 0 Å². The van der Waals surface area contributed by atoms with Crippen LogP contribution >= 0.6 is 0 Å². The van der Waals surface area contributed by atoms with Crippen LogP contribution in [0.4, 0.5) is 0 Å². The second-order valence-electron chi connectivity index (χ2n) is 6.88. The van der Waals surface area contributed by atoms with E-state index in [1.54, 1.807) is 4.31 Å². The van der Waals surface area contributed by atoms with E-state index >= 15 is 0 Å². The van der Waals surface area contributed by atoms with E-state index in [0.717, 1.165) is 28.8 Å². The second-order valence-corrected chi connectivity index (χ2v) is 8.97. The molecule has 1 fully saturated rings. The predicted octanol–water partition coefficient (Wildman–Crippen LogP) is 2.29. The van der Waals surface area contributed by atoms with E-state index in [4.69, 9.17) is 4.98 Å². The molecule has 2 aromatic carbocycles. The van der Waals surface area contributed by atoms with Crippen molar-refractivity contribution in [3.05, 3.63) is 66.0 Å². The van der Waals surface area contributed by atoms with Crippen LogP contribution in [-0.2, 0) is 17.1 Å². The molecule has 1 unspecified atom stereocenters. The van der Waals surface area contributed by atoms with Gasteiger partial charge in [-0.1, -0.05) is 42.5 Å². The second kappa shape index (κ2) is 7.42. The largest absolute Gasteiger partial charge is 0.330 e. The first-order valence-corrected chi connectivity index (χ1v) is 10.8. The molecule has 2 heterocycles. The van der Waals surface area contributed by atoms with Gasteiger partial charge in [0.05, 0.1) is 22.8 Å². The standard InChI is InChI=1S/C20H24N4O2S/c1-23-18-11-6-5-10-17(18)22-20(23)19(16-8-3-2-4-9-16)21-12-14-24-13-7-15-27(24,25)26/h2-6,8-11,19,21H,7,12-15H2,1H3. The lowest BCUT2D eigenvalue weighted by atomic mass is 10.1. The van der Waals surface area contributed by atoms with Crippen molar-refractivity contribution in [2.24, 2.45) is 7.05 Å². The Balaban J connectivity index is 1.60. The highest BCUT2D eigenvalue weighted by molar-refractivity contribution is 7.89. The maximum atomic E-state index is 12.0. The van der Waals surface area contributed by atoms with Crippen LogP contribution in [0, 0.1) is 0 Å². The fraction of sp³-hybridized carbons (Fsp3) is 0.350. The number of aromatic nitrogens is 2. The molecule has 0 bridgehead atoms. The van der Waals surface area contributed by atoms with Gasteiger partial charge in [0.1, 0.15) is 5.82 Å². The van der Waals surface area contributed by atoms with E-state index in [-0.39, 0.29) is 11.8 Å². The molecule has 7 heteroatoms. The van der Waals surface area contributed by atoms with Gasteiger partial charge in [0.2, 0.25) is 10.0 Å². The van der Waals surface area contributed by atoms with E-state index in [0.29, 0.717) is 19.6 Å². The van der Waals surface area contributed by atoms with Gasteiger partial charge in [-0.15, -0.1) is 0 Å². The summed E-state index contributed by atoms with van der Waals surface area (Å²) in [5, 5.41) is 3.53. The molecule has 0 saturated carbocycles. The van der Waals surface area contributed by atoms with Crippen molar-refractivity contribution in [2.75, 3.05) is 25.4 Å². The van der Waals surface area contributed by atoms with Gasteiger partial charge in [-0.25, -0.2) is 17.7 Å². The number of rotatable bonds is 6. The van der Waals surface area contributed by atoms with Gasteiger partial charge in [-0.3, -0.25) is 0 Å². The van der Waals surface area contributed by atoms with Crippen molar-refractivity contribution >= 4 is 21.1 Å². The predicted molar refractivity (Wildman–Crippen MR) is 107 cm³/mol. The summed E-state index contributed by atoms with van der Waals surface area (Å²) in [6.45, 7) is 1.67. The number of nitrogens with zero attached hydrogens (tertiary/aromatic N) is 3. The first kappa shape index (κ1) is 18.2. The van der Waals surface area contributed by atoms with Gasteiger partial charge < -0.3 is 9.88 Å². The number of nitrogens with one attached hydrogen (secondary N) is 1. The number of hydrogen-bond acceptors (Lipinski definition) is 4. The lowest BCUT2D eigenvalue weighted by Crippen LogP contribution is -2.35. The number of fused-ring (bicyclic) bond motifs is 1. The molecule has 3 aromatic rings. The Hall–Kier alpha value is -2.22. The zero-order valence-electron chi connectivity index (χ0n) is 15.4. The highest BCUT2D eigenvalue weighted by Gasteiger charge is 2.28. The minimum Gasteiger partial charge on any atom is -0.330 e. The molecule has 1 aliphatic rings. The fourth-order valence-corrected chi connectivity index (χ4v) is 5.23. The normalized spacial score (nSPS) is 18.1. The van der Waals surface area contributed by atoms with Crippen molar-refractivity contribution in [2.45, 2.75) is 12.5 Å². The topological polar surface area (TPSA) is 67.2 Å². The van der Waals surface area contributed by atoms with Crippen molar-refractivity contribution < 1.29 is 8.42 Å². The first-order chi connectivity index (χ1) is 13.1. The van der Waals surface area contributed by atoms with Gasteiger partial charge in [0.25, 0.3) is 0 Å². The van der Waals surface area contributed by atoms with E-state index in [1.165, 1.54) is 0 Å². The number of aryl methyl sites for hydroxylation is 1. The van der Waals surface area contributed by atoms with Crippen LogP contribution in [-0.4, -0.2) is 47.7 Å². The molecule has 142 valence electrons. The molecule has 1 N–H and O–H groups in total. The summed E-state index contributed by atoms with van der Waals surface area (Å²) in [5.74, 6) is 1.19. The van der Waals surface area contributed by atoms with Gasteiger partial charge in [-0.05, 0) is 24.1 Å². The molecule has 0 spiro atoms. The average molecular weight is 385 g/mol. The summed E-state index contributed by atoms with van der Waals surface area (Å²) in [7, 11) is -1.05. The highest BCUT2D eigenvalue weighted by Crippen LogP contribution is 2.25. The summed E-state index contributed by atoms with van der Waals surface area (Å²) in [6, 6.07) is 18.1. The summed E-state index contributed by atoms with van der Waals surface area (Å²) >= 11 is 0. The molecule has 6 nitrogen and oxygen atoms in total. The van der Waals surface area contributed by atoms with Crippen LogP contribution in [0.5, 0.6) is 0 Å². The molecule has 0 radical (unpaired) electrons. The molecule has 1 aliphatic heterocycles. The van der Waals surface area contributed by atoms with Crippen LogP contribution in [0.25, 0.3) is 11.0 Å². The summed E-state index contributed by atoms with van der Waals surface area (Å²) in [6.07, 6.45) is 0.717. The first-order valence-electron chi connectivity index (χ1n) is 9.24. The third kappa shape index (κ3) is 3.63. The smallest absolute Gasteiger partial charge is 0.214 e. The van der Waals surface area contributed by atoms with E-state index in [2.05, 4.69) is 28.1 Å². The van der Waals surface area contributed by atoms with Gasteiger partial charge in [0, 0.05) is 26.7 Å². The molecular weight excluding hydrogens is 360 g/mol. The minimum atomic E-state index is -3.07. The SMILES string of the molecule is Cn1c(C(NCCN2CCCS2(=O)=O)c2ccccc2)nc2ccccc21. The van der Waals surface area contributed by atoms with Crippen LogP contribution in [0.15, 0.2) is 54.6 Å². The van der Waals surface area contributed by atoms with Crippen molar-refractivity contribution in [1.82, 2.24) is 19.2 Å². The van der Waals surface area contributed by atoms with Crippen LogP contribution in [0.2, 0.25) is 0 Å². The molecule has 0 amide bonds. The summed E-state index contributed by atoms with van der Waals surface area (Å²) < 4.78 is 27.7. The Labute approximate surface area is 159 Å². The zero-order valence-corrected chi connectivity index (χ0v) is 16.2. The highest BCUT2D eigenvalue weighted by atomic mass is 32.2. The monoisotopic (exact) mass is 384 g/mol. The number of benzene rings is 2. The zero-order chi connectivity index (χ0) is 18.9. The lowest BCUT2D eigenvalue weighted by Gasteiger charge is -2.21. The van der Waals surface area contributed by atoms with Crippen molar-refractivity contribution in [1.29, 1.82) is 0 Å².